The lowest BCUT2D eigenvalue weighted by atomic mass is 10.1. The second-order valence-electron chi connectivity index (χ2n) is 5.93. The van der Waals surface area contributed by atoms with E-state index < -0.39 is 5.54 Å². The standard InChI is InChI=1S/C18H22N2O2/c1-18(2,19)13-20-17(21)16-11-7-6-8-14(16)12-22-15-9-4-3-5-10-15/h3-11H,12-13,19H2,1-2H3,(H,20,21). The molecule has 0 aliphatic rings. The van der Waals surface area contributed by atoms with Crippen LogP contribution in [0.1, 0.15) is 29.8 Å². The monoisotopic (exact) mass is 298 g/mol. The van der Waals surface area contributed by atoms with Gasteiger partial charge in [-0.1, -0.05) is 36.4 Å². The highest BCUT2D eigenvalue weighted by Crippen LogP contribution is 2.14. The van der Waals surface area contributed by atoms with Crippen LogP contribution in [-0.2, 0) is 6.61 Å². The number of rotatable bonds is 6. The minimum Gasteiger partial charge on any atom is -0.489 e. The molecule has 0 saturated carbocycles. The lowest BCUT2D eigenvalue weighted by Crippen LogP contribution is -2.45. The first-order valence-corrected chi connectivity index (χ1v) is 7.28. The Morgan fingerprint density at radius 1 is 1.09 bits per heavy atom. The fourth-order valence-electron chi connectivity index (χ4n) is 1.95. The van der Waals surface area contributed by atoms with Crippen LogP contribution in [0, 0.1) is 0 Å². The maximum atomic E-state index is 12.3. The Morgan fingerprint density at radius 2 is 1.73 bits per heavy atom. The van der Waals surface area contributed by atoms with Gasteiger partial charge in [-0.15, -0.1) is 0 Å². The molecule has 0 bridgehead atoms. The molecule has 4 heteroatoms. The van der Waals surface area contributed by atoms with Crippen molar-refractivity contribution in [3.05, 3.63) is 65.7 Å². The van der Waals surface area contributed by atoms with Crippen LogP contribution in [-0.4, -0.2) is 18.0 Å². The highest BCUT2D eigenvalue weighted by molar-refractivity contribution is 5.95. The van der Waals surface area contributed by atoms with Crippen molar-refractivity contribution < 1.29 is 9.53 Å². The van der Waals surface area contributed by atoms with E-state index in [9.17, 15) is 4.79 Å². The minimum atomic E-state index is -0.439. The van der Waals surface area contributed by atoms with E-state index in [0.717, 1.165) is 11.3 Å². The predicted molar refractivity (Wildman–Crippen MR) is 87.8 cm³/mol. The quantitative estimate of drug-likeness (QED) is 0.862. The molecule has 0 spiro atoms. The molecule has 4 nitrogen and oxygen atoms in total. The first kappa shape index (κ1) is 16.0. The van der Waals surface area contributed by atoms with Crippen molar-refractivity contribution in [2.75, 3.05) is 6.54 Å². The maximum Gasteiger partial charge on any atom is 0.251 e. The number of carbonyl (C=O) groups is 1. The zero-order valence-corrected chi connectivity index (χ0v) is 13.0. The van der Waals surface area contributed by atoms with Crippen molar-refractivity contribution >= 4 is 5.91 Å². The third-order valence-corrected chi connectivity index (χ3v) is 3.10. The number of hydrogen-bond acceptors (Lipinski definition) is 3. The van der Waals surface area contributed by atoms with Crippen LogP contribution in [0.15, 0.2) is 54.6 Å². The molecule has 0 fully saturated rings. The van der Waals surface area contributed by atoms with E-state index in [0.29, 0.717) is 18.7 Å². The lowest BCUT2D eigenvalue weighted by molar-refractivity contribution is 0.0943. The second kappa shape index (κ2) is 7.09. The van der Waals surface area contributed by atoms with Gasteiger partial charge < -0.3 is 15.8 Å². The third kappa shape index (κ3) is 4.90. The summed E-state index contributed by atoms with van der Waals surface area (Å²) in [5.74, 6) is 0.645. The van der Waals surface area contributed by atoms with E-state index in [4.69, 9.17) is 10.5 Å². The van der Waals surface area contributed by atoms with Crippen LogP contribution in [0.2, 0.25) is 0 Å². The smallest absolute Gasteiger partial charge is 0.251 e. The van der Waals surface area contributed by atoms with Gasteiger partial charge in [0, 0.05) is 23.2 Å². The lowest BCUT2D eigenvalue weighted by Gasteiger charge is -2.19. The number of para-hydroxylation sites is 1. The summed E-state index contributed by atoms with van der Waals surface area (Å²) in [6, 6.07) is 17.0. The van der Waals surface area contributed by atoms with Crippen molar-refractivity contribution in [3.63, 3.8) is 0 Å². The molecular formula is C18H22N2O2. The van der Waals surface area contributed by atoms with Gasteiger partial charge in [0.15, 0.2) is 0 Å². The highest BCUT2D eigenvalue weighted by Gasteiger charge is 2.15. The van der Waals surface area contributed by atoms with E-state index in [-0.39, 0.29) is 5.91 Å². The molecule has 116 valence electrons. The van der Waals surface area contributed by atoms with Crippen LogP contribution >= 0.6 is 0 Å². The normalized spacial score (nSPS) is 11.0. The van der Waals surface area contributed by atoms with Gasteiger partial charge in [0.1, 0.15) is 12.4 Å². The van der Waals surface area contributed by atoms with Crippen LogP contribution < -0.4 is 15.8 Å². The first-order chi connectivity index (χ1) is 10.5. The largest absolute Gasteiger partial charge is 0.489 e. The van der Waals surface area contributed by atoms with Crippen molar-refractivity contribution in [3.8, 4) is 5.75 Å². The Balaban J connectivity index is 2.05. The molecule has 0 heterocycles. The zero-order chi connectivity index (χ0) is 16.0. The Labute approximate surface area is 131 Å². The molecule has 22 heavy (non-hydrogen) atoms. The van der Waals surface area contributed by atoms with Crippen molar-refractivity contribution in [2.24, 2.45) is 5.73 Å². The highest BCUT2D eigenvalue weighted by atomic mass is 16.5. The van der Waals surface area contributed by atoms with Crippen molar-refractivity contribution in [2.45, 2.75) is 26.0 Å². The summed E-state index contributed by atoms with van der Waals surface area (Å²) in [5.41, 5.74) is 6.92. The number of nitrogens with two attached hydrogens (primary N) is 1. The Kier molecular flexibility index (Phi) is 5.17. The van der Waals surface area contributed by atoms with Crippen molar-refractivity contribution in [1.29, 1.82) is 0 Å². The summed E-state index contributed by atoms with van der Waals surface area (Å²) < 4.78 is 5.72. The number of amides is 1. The molecule has 0 radical (unpaired) electrons. The predicted octanol–water partition coefficient (Wildman–Crippen LogP) is 2.73. The summed E-state index contributed by atoms with van der Waals surface area (Å²) in [7, 11) is 0. The van der Waals surface area contributed by atoms with E-state index in [1.54, 1.807) is 6.07 Å². The molecule has 3 N–H and O–H groups in total. The van der Waals surface area contributed by atoms with E-state index >= 15 is 0 Å². The Morgan fingerprint density at radius 3 is 2.41 bits per heavy atom. The molecule has 0 unspecified atom stereocenters. The van der Waals surface area contributed by atoms with Crippen LogP contribution in [0.5, 0.6) is 5.75 Å². The molecule has 2 aromatic rings. The van der Waals surface area contributed by atoms with Gasteiger partial charge in [-0.2, -0.15) is 0 Å². The molecule has 0 saturated heterocycles. The molecule has 2 aromatic carbocycles. The number of ether oxygens (including phenoxy) is 1. The number of benzene rings is 2. The van der Waals surface area contributed by atoms with Gasteiger partial charge >= 0.3 is 0 Å². The van der Waals surface area contributed by atoms with Gasteiger partial charge in [-0.05, 0) is 32.0 Å². The number of carbonyl (C=O) groups excluding carboxylic acids is 1. The summed E-state index contributed by atoms with van der Waals surface area (Å²) >= 11 is 0. The minimum absolute atomic E-state index is 0.134. The third-order valence-electron chi connectivity index (χ3n) is 3.10. The molecule has 0 aliphatic carbocycles. The molecule has 0 aromatic heterocycles. The maximum absolute atomic E-state index is 12.3. The zero-order valence-electron chi connectivity index (χ0n) is 13.0. The average molecular weight is 298 g/mol. The number of nitrogens with one attached hydrogen (secondary N) is 1. The summed E-state index contributed by atoms with van der Waals surface area (Å²) in [5, 5.41) is 2.86. The van der Waals surface area contributed by atoms with Crippen LogP contribution in [0.4, 0.5) is 0 Å². The van der Waals surface area contributed by atoms with Gasteiger partial charge in [0.2, 0.25) is 0 Å². The molecule has 2 rings (SSSR count). The summed E-state index contributed by atoms with van der Waals surface area (Å²) in [6.45, 7) is 4.51. The van der Waals surface area contributed by atoms with Gasteiger partial charge in [-0.25, -0.2) is 0 Å². The SMILES string of the molecule is CC(C)(N)CNC(=O)c1ccccc1COc1ccccc1. The van der Waals surface area contributed by atoms with Gasteiger partial charge in [0.05, 0.1) is 0 Å². The summed E-state index contributed by atoms with van der Waals surface area (Å²) in [6.07, 6.45) is 0. The second-order valence-corrected chi connectivity index (χ2v) is 5.93. The van der Waals surface area contributed by atoms with Crippen LogP contribution in [0.25, 0.3) is 0 Å². The van der Waals surface area contributed by atoms with E-state index in [1.807, 2.05) is 62.4 Å². The summed E-state index contributed by atoms with van der Waals surface area (Å²) in [4.78, 5) is 12.3. The molecular weight excluding hydrogens is 276 g/mol. The fourth-order valence-corrected chi connectivity index (χ4v) is 1.95. The fraction of sp³-hybridized carbons (Fsp3) is 0.278. The van der Waals surface area contributed by atoms with Gasteiger partial charge in [-0.3, -0.25) is 4.79 Å². The molecule has 0 aliphatic heterocycles. The van der Waals surface area contributed by atoms with Crippen LogP contribution in [0.3, 0.4) is 0 Å². The van der Waals surface area contributed by atoms with Crippen molar-refractivity contribution in [1.82, 2.24) is 5.32 Å². The van der Waals surface area contributed by atoms with Gasteiger partial charge in [0.25, 0.3) is 5.91 Å². The first-order valence-electron chi connectivity index (χ1n) is 7.28. The van der Waals surface area contributed by atoms with E-state index in [1.165, 1.54) is 0 Å². The van der Waals surface area contributed by atoms with E-state index in [2.05, 4.69) is 5.32 Å². The molecule has 0 atom stereocenters. The Hall–Kier alpha value is -2.33. The molecule has 1 amide bonds. The average Bonchev–Trinajstić information content (AvgIpc) is 2.51. The topological polar surface area (TPSA) is 64.3 Å². The Bertz CT molecular complexity index is 618. The number of hydrogen-bond donors (Lipinski definition) is 2.